The second-order valence-corrected chi connectivity index (χ2v) is 11.0. The second-order valence-electron chi connectivity index (χ2n) is 7.06. The first kappa shape index (κ1) is 22.5. The molecule has 1 aromatic carbocycles. The lowest BCUT2D eigenvalue weighted by atomic mass is 10.1. The van der Waals surface area contributed by atoms with Crippen LogP contribution in [0.25, 0.3) is 0 Å². The van der Waals surface area contributed by atoms with Gasteiger partial charge in [-0.1, -0.05) is 18.2 Å². The summed E-state index contributed by atoms with van der Waals surface area (Å²) in [7, 11) is -4.82. The first-order chi connectivity index (χ1) is 14.1. The zero-order valence-corrected chi connectivity index (χ0v) is 18.4. The Morgan fingerprint density at radius 3 is 2.47 bits per heavy atom. The Kier molecular flexibility index (Phi) is 6.65. The lowest BCUT2D eigenvalue weighted by Crippen LogP contribution is -2.48. The molecule has 1 atom stereocenters. The predicted octanol–water partition coefficient (Wildman–Crippen LogP) is 1.82. The molecule has 1 saturated heterocycles. The molecule has 1 aliphatic rings. The molecular weight excluding hydrogens is 432 g/mol. The quantitative estimate of drug-likeness (QED) is 0.584. The van der Waals surface area contributed by atoms with Crippen LogP contribution in [-0.2, 0) is 36.2 Å². The minimum atomic E-state index is -3.84. The van der Waals surface area contributed by atoms with Crippen LogP contribution < -0.4 is 0 Å². The van der Waals surface area contributed by atoms with E-state index in [2.05, 4.69) is 0 Å². The number of nitrogens with zero attached hydrogens (tertiary/aromatic N) is 2. The number of rotatable bonds is 7. The summed E-state index contributed by atoms with van der Waals surface area (Å²) in [4.78, 5) is 12.8. The SMILES string of the molecule is CN(C)S(=O)(=O)c1ccc(COC(=O)C2CCCCN2S(=O)(=O)c2ccccc2)o1. The molecule has 30 heavy (non-hydrogen) atoms. The summed E-state index contributed by atoms with van der Waals surface area (Å²) in [5.74, 6) is -0.542. The lowest BCUT2D eigenvalue weighted by molar-refractivity contribution is -0.151. The Hall–Kier alpha value is -2.21. The van der Waals surface area contributed by atoms with Crippen molar-refractivity contribution in [1.82, 2.24) is 8.61 Å². The average Bonchev–Trinajstić information content (AvgIpc) is 3.22. The van der Waals surface area contributed by atoms with Gasteiger partial charge in [-0.25, -0.2) is 21.1 Å². The van der Waals surface area contributed by atoms with Crippen molar-refractivity contribution in [3.8, 4) is 0 Å². The molecule has 2 heterocycles. The van der Waals surface area contributed by atoms with Crippen LogP contribution in [0.5, 0.6) is 0 Å². The number of piperidine rings is 1. The highest BCUT2D eigenvalue weighted by molar-refractivity contribution is 7.89. The van der Waals surface area contributed by atoms with E-state index < -0.39 is 32.1 Å². The van der Waals surface area contributed by atoms with Crippen LogP contribution in [0.1, 0.15) is 25.0 Å². The fraction of sp³-hybridized carbons (Fsp3) is 0.421. The number of sulfonamides is 2. The maximum absolute atomic E-state index is 13.0. The predicted molar refractivity (Wildman–Crippen MR) is 107 cm³/mol. The molecule has 2 aromatic rings. The average molecular weight is 457 g/mol. The van der Waals surface area contributed by atoms with Crippen LogP contribution >= 0.6 is 0 Å². The van der Waals surface area contributed by atoms with Gasteiger partial charge in [-0.05, 0) is 43.5 Å². The van der Waals surface area contributed by atoms with Gasteiger partial charge in [0.15, 0.2) is 0 Å². The van der Waals surface area contributed by atoms with Gasteiger partial charge in [0, 0.05) is 20.6 Å². The van der Waals surface area contributed by atoms with Crippen molar-refractivity contribution in [3.05, 3.63) is 48.2 Å². The van der Waals surface area contributed by atoms with Crippen molar-refractivity contribution < 1.29 is 30.8 Å². The Morgan fingerprint density at radius 2 is 1.80 bits per heavy atom. The highest BCUT2D eigenvalue weighted by Crippen LogP contribution is 2.26. The minimum absolute atomic E-state index is 0.120. The minimum Gasteiger partial charge on any atom is -0.456 e. The maximum Gasteiger partial charge on any atom is 0.324 e. The molecule has 0 spiro atoms. The largest absolute Gasteiger partial charge is 0.456 e. The summed E-state index contributed by atoms with van der Waals surface area (Å²) >= 11 is 0. The van der Waals surface area contributed by atoms with Crippen LogP contribution in [0.4, 0.5) is 0 Å². The van der Waals surface area contributed by atoms with Gasteiger partial charge < -0.3 is 9.15 Å². The van der Waals surface area contributed by atoms with Gasteiger partial charge in [0.1, 0.15) is 18.4 Å². The molecule has 0 bridgehead atoms. The van der Waals surface area contributed by atoms with Gasteiger partial charge in [0.2, 0.25) is 15.1 Å². The highest BCUT2D eigenvalue weighted by atomic mass is 32.2. The number of esters is 1. The lowest BCUT2D eigenvalue weighted by Gasteiger charge is -2.32. The number of hydrogen-bond acceptors (Lipinski definition) is 7. The number of furan rings is 1. The van der Waals surface area contributed by atoms with Gasteiger partial charge in [0.05, 0.1) is 4.90 Å². The van der Waals surface area contributed by atoms with Crippen molar-refractivity contribution >= 4 is 26.0 Å². The monoisotopic (exact) mass is 456 g/mol. The van der Waals surface area contributed by atoms with Crippen LogP contribution in [-0.4, -0.2) is 58.1 Å². The first-order valence-corrected chi connectivity index (χ1v) is 12.3. The molecule has 1 aliphatic heterocycles. The second kappa shape index (κ2) is 8.88. The Morgan fingerprint density at radius 1 is 1.10 bits per heavy atom. The number of ether oxygens (including phenoxy) is 1. The van der Waals surface area contributed by atoms with E-state index in [-0.39, 0.29) is 28.9 Å². The Balaban J connectivity index is 1.72. The number of benzene rings is 1. The molecule has 0 N–H and O–H groups in total. The third-order valence-corrected chi connectivity index (χ3v) is 8.42. The molecule has 0 radical (unpaired) electrons. The van der Waals surface area contributed by atoms with E-state index in [1.807, 2.05) is 0 Å². The smallest absolute Gasteiger partial charge is 0.324 e. The summed E-state index contributed by atoms with van der Waals surface area (Å²) < 4.78 is 62.8. The van der Waals surface area contributed by atoms with E-state index in [1.54, 1.807) is 18.2 Å². The van der Waals surface area contributed by atoms with Crippen molar-refractivity contribution in [2.45, 2.75) is 41.9 Å². The standard InChI is InChI=1S/C19H24N2O7S2/c1-20(2)30(25,26)18-12-11-15(28-18)14-27-19(22)17-10-6-7-13-21(17)29(23,24)16-8-4-3-5-9-16/h3-5,8-9,11-12,17H,6-7,10,13-14H2,1-2H3. The van der Waals surface area contributed by atoms with E-state index in [0.717, 1.165) is 4.31 Å². The zero-order valence-electron chi connectivity index (χ0n) is 16.7. The highest BCUT2D eigenvalue weighted by Gasteiger charge is 2.38. The van der Waals surface area contributed by atoms with Gasteiger partial charge in [-0.3, -0.25) is 4.79 Å². The van der Waals surface area contributed by atoms with Gasteiger partial charge in [0.25, 0.3) is 10.0 Å². The summed E-state index contributed by atoms with van der Waals surface area (Å²) in [6, 6.07) is 9.69. The number of carbonyl (C=O) groups excluding carboxylic acids is 1. The van der Waals surface area contributed by atoms with Crippen LogP contribution in [0.15, 0.2) is 56.9 Å². The van der Waals surface area contributed by atoms with E-state index in [4.69, 9.17) is 9.15 Å². The molecular formula is C19H24N2O7S2. The van der Waals surface area contributed by atoms with Gasteiger partial charge >= 0.3 is 5.97 Å². The van der Waals surface area contributed by atoms with Crippen LogP contribution in [0.2, 0.25) is 0 Å². The van der Waals surface area contributed by atoms with Crippen molar-refractivity contribution in [1.29, 1.82) is 0 Å². The molecule has 11 heteroatoms. The van der Waals surface area contributed by atoms with E-state index in [0.29, 0.717) is 19.3 Å². The maximum atomic E-state index is 13.0. The molecule has 1 unspecified atom stereocenters. The first-order valence-electron chi connectivity index (χ1n) is 9.39. The summed E-state index contributed by atoms with van der Waals surface area (Å²) in [6.07, 6.45) is 1.70. The molecule has 0 aliphatic carbocycles. The van der Waals surface area contributed by atoms with E-state index >= 15 is 0 Å². The summed E-state index contributed by atoms with van der Waals surface area (Å²) in [5.41, 5.74) is 0. The molecule has 1 fully saturated rings. The summed E-state index contributed by atoms with van der Waals surface area (Å²) in [6.45, 7) is -0.0690. The molecule has 1 aromatic heterocycles. The third kappa shape index (κ3) is 4.59. The molecule has 3 rings (SSSR count). The van der Waals surface area contributed by atoms with Crippen molar-refractivity contribution in [2.75, 3.05) is 20.6 Å². The van der Waals surface area contributed by atoms with Crippen LogP contribution in [0, 0.1) is 0 Å². The summed E-state index contributed by atoms with van der Waals surface area (Å²) in [5, 5.41) is -0.260. The molecule has 9 nitrogen and oxygen atoms in total. The normalized spacial score (nSPS) is 18.4. The van der Waals surface area contributed by atoms with Gasteiger partial charge in [-0.2, -0.15) is 4.31 Å². The van der Waals surface area contributed by atoms with Gasteiger partial charge in [-0.15, -0.1) is 0 Å². The fourth-order valence-electron chi connectivity index (χ4n) is 3.15. The Labute approximate surface area is 176 Å². The zero-order chi connectivity index (χ0) is 21.9. The topological polar surface area (TPSA) is 114 Å². The van der Waals surface area contributed by atoms with Crippen molar-refractivity contribution in [2.24, 2.45) is 0 Å². The number of carbonyl (C=O) groups is 1. The molecule has 0 saturated carbocycles. The third-order valence-electron chi connectivity index (χ3n) is 4.80. The Bertz CT molecular complexity index is 1090. The molecule has 0 amide bonds. The van der Waals surface area contributed by atoms with Crippen molar-refractivity contribution in [3.63, 3.8) is 0 Å². The van der Waals surface area contributed by atoms with E-state index in [1.165, 1.54) is 42.7 Å². The van der Waals surface area contributed by atoms with Crippen LogP contribution in [0.3, 0.4) is 0 Å². The molecule has 164 valence electrons. The van der Waals surface area contributed by atoms with E-state index in [9.17, 15) is 21.6 Å². The fourth-order valence-corrected chi connectivity index (χ4v) is 5.63. The number of hydrogen-bond donors (Lipinski definition) is 0.